The third-order valence-electron chi connectivity index (χ3n) is 2.65. The summed E-state index contributed by atoms with van der Waals surface area (Å²) in [5.74, 6) is -0.457. The van der Waals surface area contributed by atoms with Gasteiger partial charge in [0.25, 0.3) is 0 Å². The van der Waals surface area contributed by atoms with E-state index in [1.807, 2.05) is 0 Å². The number of aromatic nitrogens is 3. The molecule has 0 amide bonds. The Kier molecular flexibility index (Phi) is 3.57. The molecule has 6 nitrogen and oxygen atoms in total. The Morgan fingerprint density at radius 1 is 1.35 bits per heavy atom. The van der Waals surface area contributed by atoms with Crippen molar-refractivity contribution in [3.05, 3.63) is 24.0 Å². The van der Waals surface area contributed by atoms with Gasteiger partial charge in [-0.15, -0.1) is 5.10 Å². The van der Waals surface area contributed by atoms with Crippen molar-refractivity contribution in [2.24, 2.45) is 0 Å². The summed E-state index contributed by atoms with van der Waals surface area (Å²) < 4.78 is 6.86. The summed E-state index contributed by atoms with van der Waals surface area (Å²) in [4.78, 5) is 23.5. The molecule has 0 saturated carbocycles. The summed E-state index contributed by atoms with van der Waals surface area (Å²) >= 11 is 0. The summed E-state index contributed by atoms with van der Waals surface area (Å²) in [5.41, 5.74) is 0.483. The Balaban J connectivity index is 2.36. The summed E-state index contributed by atoms with van der Waals surface area (Å²) in [6.07, 6.45) is 3.14. The lowest BCUT2D eigenvalue weighted by atomic mass is 10.2. The number of Topliss-reactive ketones (excluding diaryl/α,β-unsaturated/α-hetero) is 1. The third-order valence-corrected chi connectivity index (χ3v) is 2.65. The number of rotatable bonds is 3. The lowest BCUT2D eigenvalue weighted by Crippen LogP contribution is -2.26. The minimum Gasteiger partial charge on any atom is -0.459 e. The number of fused-ring (bicyclic) bond motifs is 1. The number of carbonyl (C=O) groups is 2. The quantitative estimate of drug-likeness (QED) is 0.632. The van der Waals surface area contributed by atoms with Crippen LogP contribution in [0, 0.1) is 0 Å². The highest BCUT2D eigenvalue weighted by molar-refractivity contribution is 6.06. The van der Waals surface area contributed by atoms with Gasteiger partial charge in [0, 0.05) is 17.1 Å². The van der Waals surface area contributed by atoms with Crippen LogP contribution >= 0.6 is 0 Å². The van der Waals surface area contributed by atoms with E-state index in [4.69, 9.17) is 4.74 Å². The van der Waals surface area contributed by atoms with Gasteiger partial charge in [-0.3, -0.25) is 9.59 Å². The van der Waals surface area contributed by atoms with Gasteiger partial charge in [-0.05, 0) is 33.8 Å². The number of esters is 1. The normalized spacial score (nSPS) is 11.6. The second-order valence-electron chi connectivity index (χ2n) is 5.58. The van der Waals surface area contributed by atoms with Crippen LogP contribution in [0.3, 0.4) is 0 Å². The van der Waals surface area contributed by atoms with Crippen LogP contribution in [0.4, 0.5) is 0 Å². The highest BCUT2D eigenvalue weighted by Gasteiger charge is 2.19. The number of ketones is 1. The number of nitrogens with zero attached hydrogens (tertiary/aromatic N) is 3. The summed E-state index contributed by atoms with van der Waals surface area (Å²) in [7, 11) is 0. The van der Waals surface area contributed by atoms with Gasteiger partial charge in [0.1, 0.15) is 12.1 Å². The van der Waals surface area contributed by atoms with Crippen molar-refractivity contribution in [3.8, 4) is 0 Å². The fraction of sp³-hybridized carbons (Fsp3) is 0.429. The average molecular weight is 275 g/mol. The fourth-order valence-corrected chi connectivity index (χ4v) is 1.95. The Labute approximate surface area is 116 Å². The highest BCUT2D eigenvalue weighted by atomic mass is 16.6. The van der Waals surface area contributed by atoms with E-state index in [1.54, 1.807) is 37.6 Å². The number of carbonyl (C=O) groups excluding carboxylic acids is 2. The number of hydrogen-bond donors (Lipinski definition) is 0. The van der Waals surface area contributed by atoms with Crippen molar-refractivity contribution >= 4 is 22.8 Å². The van der Waals surface area contributed by atoms with Gasteiger partial charge in [-0.25, -0.2) is 0 Å². The molecule has 2 aromatic heterocycles. The molecule has 0 aliphatic heterocycles. The second kappa shape index (κ2) is 5.03. The van der Waals surface area contributed by atoms with E-state index in [1.165, 1.54) is 13.1 Å². The van der Waals surface area contributed by atoms with Crippen LogP contribution in [0.25, 0.3) is 11.0 Å². The van der Waals surface area contributed by atoms with Crippen LogP contribution in [0.15, 0.2) is 18.5 Å². The molecule has 0 unspecified atom stereocenters. The molecule has 0 fully saturated rings. The minimum absolute atomic E-state index is 0.000255. The van der Waals surface area contributed by atoms with Crippen molar-refractivity contribution in [1.29, 1.82) is 0 Å². The Morgan fingerprint density at radius 3 is 2.65 bits per heavy atom. The SMILES string of the molecule is CC(=O)c1cn(CC(=O)OC(C)(C)C)c2nnccc12. The molecule has 2 aromatic rings. The van der Waals surface area contributed by atoms with Gasteiger partial charge in [0.05, 0.1) is 6.20 Å². The zero-order valence-electron chi connectivity index (χ0n) is 12.0. The zero-order valence-corrected chi connectivity index (χ0v) is 12.0. The van der Waals surface area contributed by atoms with Gasteiger partial charge in [-0.1, -0.05) is 0 Å². The molecule has 0 radical (unpaired) electrons. The Bertz CT molecular complexity index is 668. The zero-order chi connectivity index (χ0) is 14.9. The monoisotopic (exact) mass is 275 g/mol. The van der Waals surface area contributed by atoms with Crippen LogP contribution < -0.4 is 0 Å². The van der Waals surface area contributed by atoms with Crippen LogP contribution in [0.2, 0.25) is 0 Å². The predicted octanol–water partition coefficient (Wildman–Crippen LogP) is 1.98. The summed E-state index contributed by atoms with van der Waals surface area (Å²) in [6, 6.07) is 1.71. The molecule has 0 aliphatic rings. The van der Waals surface area contributed by atoms with Crippen molar-refractivity contribution in [3.63, 3.8) is 0 Å². The first-order valence-electron chi connectivity index (χ1n) is 6.31. The molecule has 0 atom stereocenters. The maximum absolute atomic E-state index is 11.9. The summed E-state index contributed by atoms with van der Waals surface area (Å²) in [5, 5.41) is 8.47. The largest absolute Gasteiger partial charge is 0.459 e. The minimum atomic E-state index is -0.547. The van der Waals surface area contributed by atoms with Crippen molar-refractivity contribution < 1.29 is 14.3 Å². The van der Waals surface area contributed by atoms with Gasteiger partial charge in [0.2, 0.25) is 0 Å². The lowest BCUT2D eigenvalue weighted by Gasteiger charge is -2.19. The topological polar surface area (TPSA) is 74.1 Å². The smallest absolute Gasteiger partial charge is 0.326 e. The first-order chi connectivity index (χ1) is 9.28. The van der Waals surface area contributed by atoms with E-state index in [0.29, 0.717) is 16.6 Å². The predicted molar refractivity (Wildman–Crippen MR) is 73.4 cm³/mol. The lowest BCUT2D eigenvalue weighted by molar-refractivity contribution is -0.155. The molecular weight excluding hydrogens is 258 g/mol. The third kappa shape index (κ3) is 3.01. The van der Waals surface area contributed by atoms with E-state index < -0.39 is 5.60 Å². The van der Waals surface area contributed by atoms with Gasteiger partial charge < -0.3 is 9.30 Å². The van der Waals surface area contributed by atoms with Crippen LogP contribution in [-0.4, -0.2) is 32.1 Å². The maximum atomic E-state index is 11.9. The highest BCUT2D eigenvalue weighted by Crippen LogP contribution is 2.19. The first kappa shape index (κ1) is 14.2. The molecule has 2 heterocycles. The van der Waals surface area contributed by atoms with Gasteiger partial charge >= 0.3 is 5.97 Å². The molecule has 20 heavy (non-hydrogen) atoms. The van der Waals surface area contributed by atoms with E-state index in [0.717, 1.165) is 0 Å². The van der Waals surface area contributed by atoms with Crippen LogP contribution in [0.1, 0.15) is 38.1 Å². The van der Waals surface area contributed by atoms with Crippen molar-refractivity contribution in [1.82, 2.24) is 14.8 Å². The van der Waals surface area contributed by atoms with E-state index in [2.05, 4.69) is 10.2 Å². The summed E-state index contributed by atoms with van der Waals surface area (Å²) in [6.45, 7) is 6.89. The molecule has 2 rings (SSSR count). The fourth-order valence-electron chi connectivity index (χ4n) is 1.95. The molecule has 106 valence electrons. The molecule has 0 N–H and O–H groups in total. The van der Waals surface area contributed by atoms with Gasteiger partial charge in [-0.2, -0.15) is 5.10 Å². The Hall–Kier alpha value is -2.24. The van der Waals surface area contributed by atoms with E-state index in [-0.39, 0.29) is 18.3 Å². The maximum Gasteiger partial charge on any atom is 0.326 e. The van der Waals surface area contributed by atoms with Crippen LogP contribution in [-0.2, 0) is 16.1 Å². The number of ether oxygens (including phenoxy) is 1. The second-order valence-corrected chi connectivity index (χ2v) is 5.58. The van der Waals surface area contributed by atoms with Crippen molar-refractivity contribution in [2.75, 3.05) is 0 Å². The van der Waals surface area contributed by atoms with Gasteiger partial charge in [0.15, 0.2) is 11.4 Å². The Morgan fingerprint density at radius 2 is 2.05 bits per heavy atom. The first-order valence-corrected chi connectivity index (χ1v) is 6.31. The molecule has 0 aliphatic carbocycles. The molecule has 0 aromatic carbocycles. The molecule has 0 spiro atoms. The van der Waals surface area contributed by atoms with E-state index >= 15 is 0 Å². The molecule has 6 heteroatoms. The standard InChI is InChI=1S/C14H17N3O3/c1-9(18)11-7-17(8-12(19)20-14(2,3)4)13-10(11)5-6-15-16-13/h5-7H,8H2,1-4H3. The average Bonchev–Trinajstić information content (AvgIpc) is 2.66. The molecule has 0 saturated heterocycles. The molecular formula is C14H17N3O3. The number of hydrogen-bond acceptors (Lipinski definition) is 5. The van der Waals surface area contributed by atoms with Crippen LogP contribution in [0.5, 0.6) is 0 Å². The van der Waals surface area contributed by atoms with Crippen molar-refractivity contribution in [2.45, 2.75) is 39.8 Å². The molecule has 0 bridgehead atoms. The van der Waals surface area contributed by atoms with E-state index in [9.17, 15) is 9.59 Å².